The van der Waals surface area contributed by atoms with E-state index >= 15 is 0 Å². The zero-order valence-electron chi connectivity index (χ0n) is 19.8. The van der Waals surface area contributed by atoms with Crippen LogP contribution in [0.1, 0.15) is 79.6 Å². The summed E-state index contributed by atoms with van der Waals surface area (Å²) in [7, 11) is 0. The lowest BCUT2D eigenvalue weighted by atomic mass is 9.40. The fraction of sp³-hybridized carbons (Fsp3) is 0.679. The van der Waals surface area contributed by atoms with Gasteiger partial charge in [0.2, 0.25) is 5.78 Å². The number of hydrogen-bond acceptors (Lipinski definition) is 3. The van der Waals surface area contributed by atoms with Crippen LogP contribution in [-0.4, -0.2) is 22.6 Å². The molecule has 0 aliphatic heterocycles. The van der Waals surface area contributed by atoms with Gasteiger partial charge in [-0.3, -0.25) is 4.79 Å². The van der Waals surface area contributed by atoms with Crippen LogP contribution < -0.4 is 0 Å². The van der Waals surface area contributed by atoms with E-state index in [1.54, 1.807) is 6.08 Å². The van der Waals surface area contributed by atoms with Crippen LogP contribution in [0.2, 0.25) is 0 Å². The molecule has 168 valence electrons. The molecule has 5 aliphatic carbocycles. The van der Waals surface area contributed by atoms with Crippen molar-refractivity contribution in [1.29, 1.82) is 0 Å². The van der Waals surface area contributed by atoms with Gasteiger partial charge >= 0.3 is 0 Å². The number of rotatable bonds is 1. The van der Waals surface area contributed by atoms with Gasteiger partial charge in [0, 0.05) is 17.6 Å². The second-order valence-electron chi connectivity index (χ2n) is 12.4. The maximum Gasteiger partial charge on any atom is 0.220 e. The lowest BCUT2D eigenvalue weighted by molar-refractivity contribution is -0.114. The highest BCUT2D eigenvalue weighted by Gasteiger charge is 2.61. The van der Waals surface area contributed by atoms with Gasteiger partial charge in [-0.15, -0.1) is 0 Å². The molecule has 0 heterocycles. The van der Waals surface area contributed by atoms with Gasteiger partial charge in [-0.2, -0.15) is 0 Å². The van der Waals surface area contributed by atoms with Gasteiger partial charge in [0.25, 0.3) is 0 Å². The molecule has 0 saturated heterocycles. The second kappa shape index (κ2) is 6.47. The summed E-state index contributed by atoms with van der Waals surface area (Å²) in [4.78, 5) is 12.5. The van der Waals surface area contributed by atoms with Gasteiger partial charge < -0.3 is 10.2 Å². The lowest BCUT2D eigenvalue weighted by Gasteiger charge is -2.65. The first-order valence-corrected chi connectivity index (χ1v) is 12.2. The van der Waals surface area contributed by atoms with Gasteiger partial charge in [0.05, 0.1) is 0 Å². The van der Waals surface area contributed by atoms with Gasteiger partial charge in [-0.05, 0) is 97.2 Å². The molecular weight excluding hydrogens is 384 g/mol. The fourth-order valence-electron chi connectivity index (χ4n) is 8.26. The Morgan fingerprint density at radius 1 is 1.00 bits per heavy atom. The Morgan fingerprint density at radius 2 is 1.71 bits per heavy atom. The fourth-order valence-corrected chi connectivity index (χ4v) is 8.26. The number of aliphatic hydroxyl groups excluding tert-OH is 2. The van der Waals surface area contributed by atoms with E-state index in [9.17, 15) is 15.0 Å². The minimum atomic E-state index is -0.249. The highest BCUT2D eigenvalue weighted by atomic mass is 16.3. The van der Waals surface area contributed by atoms with Crippen molar-refractivity contribution in [1.82, 2.24) is 0 Å². The summed E-state index contributed by atoms with van der Waals surface area (Å²) in [5, 5.41) is 20.4. The highest BCUT2D eigenvalue weighted by molar-refractivity contribution is 6.06. The first-order valence-electron chi connectivity index (χ1n) is 12.2. The number of carbonyl (C=O) groups is 1. The molecule has 5 rings (SSSR count). The molecule has 3 saturated carbocycles. The molecular formula is C28H38O3. The molecule has 0 aromatic rings. The standard InChI is InChI=1S/C28H38O3/c1-17-18-6-7-23-27(4,20(18)14-22(30)24(17)31)9-8-19-21-15-25(2,16-29)10-11-26(21,3)12-13-28(19,23)5/h6-7,14,19,21,29,31H,8-13,15-16H2,1-5H3/t19?,21?,25-,26?,27?,28?/m1/s1. The van der Waals surface area contributed by atoms with E-state index in [1.807, 2.05) is 6.92 Å². The van der Waals surface area contributed by atoms with E-state index in [0.717, 1.165) is 30.4 Å². The Morgan fingerprint density at radius 3 is 2.42 bits per heavy atom. The molecule has 3 nitrogen and oxygen atoms in total. The Bertz CT molecular complexity index is 980. The van der Waals surface area contributed by atoms with E-state index in [0.29, 0.717) is 29.4 Å². The highest BCUT2D eigenvalue weighted by Crippen LogP contribution is 2.70. The minimum Gasteiger partial charge on any atom is -0.504 e. The zero-order valence-corrected chi connectivity index (χ0v) is 19.8. The van der Waals surface area contributed by atoms with E-state index in [4.69, 9.17) is 0 Å². The summed E-state index contributed by atoms with van der Waals surface area (Å²) in [5.74, 6) is 0.910. The number of carbonyl (C=O) groups excluding carboxylic acids is 1. The van der Waals surface area contributed by atoms with Gasteiger partial charge in [0.15, 0.2) is 5.76 Å². The van der Waals surface area contributed by atoms with Crippen molar-refractivity contribution in [2.24, 2.45) is 33.5 Å². The van der Waals surface area contributed by atoms with Crippen molar-refractivity contribution in [2.75, 3.05) is 6.61 Å². The summed E-state index contributed by atoms with van der Waals surface area (Å²) < 4.78 is 0. The van der Waals surface area contributed by atoms with E-state index in [-0.39, 0.29) is 27.8 Å². The molecule has 5 aliphatic rings. The van der Waals surface area contributed by atoms with Crippen LogP contribution in [0.5, 0.6) is 0 Å². The molecule has 3 fully saturated rings. The minimum absolute atomic E-state index is 0.0505. The van der Waals surface area contributed by atoms with Gasteiger partial charge in [-0.25, -0.2) is 0 Å². The molecule has 0 aromatic carbocycles. The van der Waals surface area contributed by atoms with Crippen LogP contribution in [0.15, 0.2) is 46.3 Å². The maximum absolute atomic E-state index is 12.5. The van der Waals surface area contributed by atoms with Crippen LogP contribution in [0, 0.1) is 33.5 Å². The van der Waals surface area contributed by atoms with Crippen molar-refractivity contribution < 1.29 is 15.0 Å². The van der Waals surface area contributed by atoms with Crippen LogP contribution in [-0.2, 0) is 4.79 Å². The number of fused-ring (bicyclic) bond motifs is 7. The Kier molecular flexibility index (Phi) is 4.43. The summed E-state index contributed by atoms with van der Waals surface area (Å²) in [6, 6.07) is 0. The third kappa shape index (κ3) is 2.71. The van der Waals surface area contributed by atoms with Gasteiger partial charge in [-0.1, -0.05) is 45.4 Å². The molecule has 0 radical (unpaired) electrons. The molecule has 2 N–H and O–H groups in total. The second-order valence-corrected chi connectivity index (χ2v) is 12.4. The van der Waals surface area contributed by atoms with Crippen molar-refractivity contribution in [3.05, 3.63) is 46.3 Å². The summed E-state index contributed by atoms with van der Waals surface area (Å²) >= 11 is 0. The summed E-state index contributed by atoms with van der Waals surface area (Å²) in [6.45, 7) is 11.8. The molecule has 5 unspecified atom stereocenters. The summed E-state index contributed by atoms with van der Waals surface area (Å²) in [6.07, 6.45) is 14.3. The normalized spacial score (nSPS) is 46.8. The van der Waals surface area contributed by atoms with Crippen molar-refractivity contribution in [3.63, 3.8) is 0 Å². The average molecular weight is 423 g/mol. The third-order valence-electron chi connectivity index (χ3n) is 10.5. The van der Waals surface area contributed by atoms with Gasteiger partial charge in [0.1, 0.15) is 0 Å². The largest absolute Gasteiger partial charge is 0.504 e. The first kappa shape index (κ1) is 21.2. The zero-order chi connectivity index (χ0) is 22.4. The van der Waals surface area contributed by atoms with E-state index in [1.165, 1.54) is 31.3 Å². The first-order chi connectivity index (χ1) is 14.5. The molecule has 0 spiro atoms. The number of allylic oxidation sites excluding steroid dienone is 7. The molecule has 6 atom stereocenters. The Labute approximate surface area is 187 Å². The van der Waals surface area contributed by atoms with Crippen molar-refractivity contribution >= 4 is 5.78 Å². The van der Waals surface area contributed by atoms with E-state index < -0.39 is 0 Å². The molecule has 3 heteroatoms. The predicted octanol–water partition coefficient (Wildman–Crippen LogP) is 6.22. The molecule has 0 bridgehead atoms. The van der Waals surface area contributed by atoms with E-state index in [2.05, 4.69) is 39.8 Å². The quantitative estimate of drug-likeness (QED) is 0.528. The third-order valence-corrected chi connectivity index (χ3v) is 10.5. The van der Waals surface area contributed by atoms with Crippen LogP contribution in [0.3, 0.4) is 0 Å². The number of aliphatic hydroxyl groups is 2. The number of hydrogen-bond donors (Lipinski definition) is 2. The SMILES string of the molecule is CC1=C(O)C(=O)C=C2C1=CC=C1C2(C)CCC2C3C[C@](C)(CO)CCC3(C)CCC12C. The topological polar surface area (TPSA) is 57.5 Å². The van der Waals surface area contributed by atoms with Crippen LogP contribution in [0.4, 0.5) is 0 Å². The van der Waals surface area contributed by atoms with Crippen molar-refractivity contribution in [3.8, 4) is 0 Å². The lowest BCUT2D eigenvalue weighted by Crippen LogP contribution is -2.56. The predicted molar refractivity (Wildman–Crippen MR) is 123 cm³/mol. The van der Waals surface area contributed by atoms with Crippen LogP contribution in [0.25, 0.3) is 0 Å². The molecule has 0 amide bonds. The summed E-state index contributed by atoms with van der Waals surface area (Å²) in [5.41, 5.74) is 4.77. The smallest absolute Gasteiger partial charge is 0.220 e. The molecule has 0 aromatic heterocycles. The number of ketones is 1. The van der Waals surface area contributed by atoms with Crippen LogP contribution >= 0.6 is 0 Å². The monoisotopic (exact) mass is 422 g/mol. The van der Waals surface area contributed by atoms with Crippen molar-refractivity contribution in [2.45, 2.75) is 79.6 Å². The average Bonchev–Trinajstić information content (AvgIpc) is 2.73. The Hall–Kier alpha value is -1.61. The molecule has 31 heavy (non-hydrogen) atoms. The maximum atomic E-state index is 12.5. The Balaban J connectivity index is 1.59.